The molecule has 1 spiro atoms. The van der Waals surface area contributed by atoms with Crippen LogP contribution in [0.3, 0.4) is 0 Å². The zero-order valence-electron chi connectivity index (χ0n) is 42.0. The number of allylic oxidation sites excluding steroid dienone is 3. The predicted molar refractivity (Wildman–Crippen MR) is 239 cm³/mol. The second kappa shape index (κ2) is 17.4. The molecule has 0 N–H and O–H groups in total. The molecule has 0 radical (unpaired) electrons. The second-order valence-corrected chi connectivity index (χ2v) is 22.2. The van der Waals surface area contributed by atoms with Crippen molar-refractivity contribution >= 4 is 53.2 Å². The van der Waals surface area contributed by atoms with Crippen molar-refractivity contribution in [1.82, 2.24) is 0 Å². The molecular weight excluding hydrogens is 881 g/mol. The van der Waals surface area contributed by atoms with Gasteiger partial charge in [0, 0.05) is 102 Å². The first-order valence-corrected chi connectivity index (χ1v) is 23.9. The van der Waals surface area contributed by atoms with E-state index >= 15 is 4.79 Å². The molecule has 68 heavy (non-hydrogen) atoms. The normalized spacial score (nSPS) is 38.2. The lowest BCUT2D eigenvalue weighted by Gasteiger charge is -2.64. The highest BCUT2D eigenvalue weighted by atomic mass is 16.6. The summed E-state index contributed by atoms with van der Waals surface area (Å²) in [6, 6.07) is 0. The van der Waals surface area contributed by atoms with Crippen LogP contribution in [0.15, 0.2) is 33.6 Å². The molecule has 0 aromatic rings. The van der Waals surface area contributed by atoms with E-state index in [9.17, 15) is 38.4 Å². The highest BCUT2D eigenvalue weighted by Crippen LogP contribution is 2.68. The van der Waals surface area contributed by atoms with Gasteiger partial charge in [-0.1, -0.05) is 41.5 Å². The van der Waals surface area contributed by atoms with Gasteiger partial charge in [-0.25, -0.2) is 0 Å². The van der Waals surface area contributed by atoms with Crippen molar-refractivity contribution in [3.8, 4) is 0 Å². The smallest absolute Gasteiger partial charge is 0.303 e. The summed E-state index contributed by atoms with van der Waals surface area (Å²) in [5.41, 5.74) is -4.14. The number of rotatable bonds is 6. The Bertz CT molecular complexity index is 2360. The molecule has 4 bridgehead atoms. The molecular formula is C52H68O16. The summed E-state index contributed by atoms with van der Waals surface area (Å²) < 4.78 is 45.0. The van der Waals surface area contributed by atoms with E-state index in [-0.39, 0.29) is 68.9 Å². The summed E-state index contributed by atoms with van der Waals surface area (Å²) in [7, 11) is 0. The largest absolute Gasteiger partial charge is 0.497 e. The van der Waals surface area contributed by atoms with E-state index in [0.29, 0.717) is 33.6 Å². The fourth-order valence-electron chi connectivity index (χ4n) is 14.7. The molecule has 7 rings (SSSR count). The molecule has 16 nitrogen and oxygen atoms in total. The molecule has 0 saturated heterocycles. The van der Waals surface area contributed by atoms with Crippen molar-refractivity contribution in [2.45, 2.75) is 179 Å². The minimum absolute atomic E-state index is 0.0533. The molecule has 1 heterocycles. The van der Waals surface area contributed by atoms with Gasteiger partial charge in [-0.15, -0.1) is 0 Å². The molecule has 372 valence electrons. The molecule has 7 aliphatic rings. The number of ketones is 3. The van der Waals surface area contributed by atoms with Crippen molar-refractivity contribution in [3.63, 3.8) is 0 Å². The van der Waals surface area contributed by atoms with Crippen LogP contribution in [-0.4, -0.2) is 96.4 Å². The van der Waals surface area contributed by atoms with E-state index in [2.05, 4.69) is 0 Å². The minimum Gasteiger partial charge on any atom is -0.497 e. The van der Waals surface area contributed by atoms with Crippen molar-refractivity contribution in [1.29, 1.82) is 0 Å². The van der Waals surface area contributed by atoms with E-state index in [1.165, 1.54) is 41.5 Å². The van der Waals surface area contributed by atoms with E-state index in [1.807, 2.05) is 41.5 Å². The maximum Gasteiger partial charge on any atom is 0.303 e. The van der Waals surface area contributed by atoms with E-state index in [0.717, 1.165) is 0 Å². The lowest BCUT2D eigenvalue weighted by Crippen LogP contribution is -2.69. The Labute approximate surface area is 397 Å². The lowest BCUT2D eigenvalue weighted by molar-refractivity contribution is -0.230. The number of hydrogen-bond donors (Lipinski definition) is 0. The van der Waals surface area contributed by atoms with Crippen molar-refractivity contribution < 1.29 is 76.3 Å². The SMILES string of the molecule is CC(=O)O[C@@H]1[C@@H]2CC(=O)C(C)=C([C@@H](OC(C)=O)[C@H](OC(C)=O)[C@]3(C)CCC4=C(C[C@@]5(CO4)C(=O)CC[C@]4(C)[C@@H]5[C@H](OC(C)=O)[C@@H]5CC(=O)C(C)=C([C@@H](OC(C)=O)[C@@H]4OC(C)=O)C5(C)C)[C@@H]13)C2(C)C. The number of hydrogen-bond acceptors (Lipinski definition) is 16. The molecule has 0 aromatic heterocycles. The lowest BCUT2D eigenvalue weighted by atomic mass is 9.42. The van der Waals surface area contributed by atoms with Crippen LogP contribution in [0.1, 0.15) is 142 Å². The molecule has 0 aromatic carbocycles. The molecule has 1 aliphatic heterocycles. The molecule has 3 saturated carbocycles. The third-order valence-corrected chi connectivity index (χ3v) is 17.4. The van der Waals surface area contributed by atoms with Crippen molar-refractivity contribution in [2.75, 3.05) is 6.61 Å². The maximum atomic E-state index is 15.6. The van der Waals surface area contributed by atoms with Crippen molar-refractivity contribution in [3.05, 3.63) is 33.6 Å². The first-order valence-electron chi connectivity index (χ1n) is 23.9. The Kier molecular flexibility index (Phi) is 12.9. The standard InChI is InChI=1S/C52H68O16/c1-23-34(59)19-32-41(63-25(3)53)40-31-21-52(22-62-36(31)15-17-50(40,13)46(67-29(7)57)43(65-27(5)55)38(23)48(32,9)10)37(61)16-18-51(14)45(52)42(64-26(4)54)33-20-35(60)24(2)39(49(33,11)12)44(66-28(6)56)47(51)68-30(8)58/h32-33,40-47H,15-22H2,1-14H3/t32-,33-,40-,41+,42+,43+,44+,45-,46-,47-,50+,51+,52+/m0/s1. The molecule has 3 fully saturated rings. The van der Waals surface area contributed by atoms with Gasteiger partial charge in [0.1, 0.15) is 36.8 Å². The zero-order chi connectivity index (χ0) is 50.5. The third-order valence-electron chi connectivity index (χ3n) is 17.4. The monoisotopic (exact) mass is 948 g/mol. The van der Waals surface area contributed by atoms with Gasteiger partial charge < -0.3 is 33.2 Å². The summed E-state index contributed by atoms with van der Waals surface area (Å²) in [6.45, 7) is 21.8. The number of ether oxygens (including phenoxy) is 7. The summed E-state index contributed by atoms with van der Waals surface area (Å²) in [5.74, 6) is -7.95. The summed E-state index contributed by atoms with van der Waals surface area (Å²) in [6.07, 6.45) is -7.06. The average Bonchev–Trinajstić information content (AvgIpc) is 3.20. The Morgan fingerprint density at radius 3 is 1.41 bits per heavy atom. The highest BCUT2D eigenvalue weighted by molar-refractivity contribution is 5.98. The third kappa shape index (κ3) is 7.92. The van der Waals surface area contributed by atoms with E-state index in [1.54, 1.807) is 13.8 Å². The summed E-state index contributed by atoms with van der Waals surface area (Å²) in [5, 5.41) is 0. The Morgan fingerprint density at radius 2 is 0.956 bits per heavy atom. The van der Waals surface area contributed by atoms with Crippen LogP contribution < -0.4 is 0 Å². The van der Waals surface area contributed by atoms with Gasteiger partial charge in [-0.2, -0.15) is 0 Å². The fourth-order valence-corrected chi connectivity index (χ4v) is 14.7. The quantitative estimate of drug-likeness (QED) is 0.204. The number of Topliss-reactive ketones (excluding diaryl/α,β-unsaturated/α-hetero) is 3. The molecule has 0 unspecified atom stereocenters. The van der Waals surface area contributed by atoms with Gasteiger partial charge in [-0.05, 0) is 71.8 Å². The number of carbonyl (C=O) groups is 9. The van der Waals surface area contributed by atoms with E-state index in [4.69, 9.17) is 33.2 Å². The maximum absolute atomic E-state index is 15.6. The highest BCUT2D eigenvalue weighted by Gasteiger charge is 2.72. The average molecular weight is 949 g/mol. The summed E-state index contributed by atoms with van der Waals surface area (Å²) in [4.78, 5) is 124. The first-order chi connectivity index (χ1) is 31.4. The van der Waals surface area contributed by atoms with Gasteiger partial charge in [0.05, 0.1) is 11.2 Å². The Balaban J connectivity index is 1.54. The van der Waals surface area contributed by atoms with Gasteiger partial charge >= 0.3 is 35.8 Å². The zero-order valence-corrected chi connectivity index (χ0v) is 42.0. The Morgan fingerprint density at radius 1 is 0.544 bits per heavy atom. The van der Waals surface area contributed by atoms with Crippen LogP contribution in [0.25, 0.3) is 0 Å². The molecule has 16 heteroatoms. The van der Waals surface area contributed by atoms with Gasteiger partial charge in [-0.3, -0.25) is 43.2 Å². The summed E-state index contributed by atoms with van der Waals surface area (Å²) >= 11 is 0. The minimum atomic E-state index is -1.62. The van der Waals surface area contributed by atoms with Crippen LogP contribution in [0.2, 0.25) is 0 Å². The first kappa shape index (κ1) is 50.7. The van der Waals surface area contributed by atoms with Crippen molar-refractivity contribution in [2.24, 2.45) is 50.7 Å². The number of esters is 6. The van der Waals surface area contributed by atoms with Crippen LogP contribution in [0, 0.1) is 50.7 Å². The molecule has 0 amide bonds. The van der Waals surface area contributed by atoms with Crippen LogP contribution >= 0.6 is 0 Å². The van der Waals surface area contributed by atoms with Crippen LogP contribution in [0.4, 0.5) is 0 Å². The van der Waals surface area contributed by atoms with Gasteiger partial charge in [0.15, 0.2) is 23.8 Å². The van der Waals surface area contributed by atoms with Gasteiger partial charge in [0.2, 0.25) is 0 Å². The number of carbonyl (C=O) groups excluding carboxylic acids is 9. The van der Waals surface area contributed by atoms with Crippen LogP contribution in [-0.2, 0) is 76.3 Å². The predicted octanol–water partition coefficient (Wildman–Crippen LogP) is 6.53. The van der Waals surface area contributed by atoms with Crippen LogP contribution in [0.5, 0.6) is 0 Å². The fraction of sp³-hybridized carbons (Fsp3) is 0.712. The van der Waals surface area contributed by atoms with E-state index < -0.39 is 123 Å². The van der Waals surface area contributed by atoms with Gasteiger partial charge in [0.25, 0.3) is 0 Å². The second-order valence-electron chi connectivity index (χ2n) is 22.2. The Hall–Kier alpha value is -5.15. The molecule has 6 aliphatic carbocycles. The molecule has 13 atom stereocenters. The topological polar surface area (TPSA) is 218 Å². The number of fused-ring (bicyclic) bond motifs is 8.